The number of rotatable bonds is 4. The first-order chi connectivity index (χ1) is 9.34. The molecule has 1 aliphatic carbocycles. The van der Waals surface area contributed by atoms with Crippen LogP contribution in [0.15, 0.2) is 61.2 Å². The van der Waals surface area contributed by atoms with Crippen LogP contribution in [0.3, 0.4) is 0 Å². The van der Waals surface area contributed by atoms with Crippen LogP contribution < -0.4 is 5.32 Å². The summed E-state index contributed by atoms with van der Waals surface area (Å²) >= 11 is 0. The third-order valence-corrected chi connectivity index (χ3v) is 3.88. The largest absolute Gasteiger partial charge is 0.306 e. The van der Waals surface area contributed by atoms with Gasteiger partial charge in [0.05, 0.1) is 0 Å². The van der Waals surface area contributed by atoms with Crippen molar-refractivity contribution in [2.24, 2.45) is 0 Å². The van der Waals surface area contributed by atoms with Crippen molar-refractivity contribution in [1.82, 2.24) is 5.32 Å². The Hall–Kier alpha value is -1.86. The van der Waals surface area contributed by atoms with E-state index in [4.69, 9.17) is 0 Å². The second-order valence-electron chi connectivity index (χ2n) is 5.14. The van der Waals surface area contributed by atoms with Gasteiger partial charge in [-0.2, -0.15) is 0 Å². The predicted molar refractivity (Wildman–Crippen MR) is 81.0 cm³/mol. The zero-order chi connectivity index (χ0) is 13.1. The Morgan fingerprint density at radius 3 is 2.63 bits per heavy atom. The minimum Gasteiger partial charge on any atom is -0.306 e. The molecule has 0 bridgehead atoms. The molecule has 1 N–H and O–H groups in total. The molecule has 1 heteroatoms. The summed E-state index contributed by atoms with van der Waals surface area (Å²) in [5, 5.41) is 3.64. The fourth-order valence-corrected chi connectivity index (χ4v) is 2.79. The molecule has 0 saturated carbocycles. The molecule has 2 aromatic rings. The summed E-state index contributed by atoms with van der Waals surface area (Å²) in [6.45, 7) is 5.03. The summed E-state index contributed by atoms with van der Waals surface area (Å²) in [6, 6.07) is 19.6. The molecule has 1 nitrogen and oxygen atoms in total. The van der Waals surface area contributed by atoms with Gasteiger partial charge in [0, 0.05) is 12.6 Å². The van der Waals surface area contributed by atoms with Crippen molar-refractivity contribution in [3.8, 4) is 0 Å². The zero-order valence-electron chi connectivity index (χ0n) is 11.1. The highest BCUT2D eigenvalue weighted by molar-refractivity contribution is 5.64. The summed E-state index contributed by atoms with van der Waals surface area (Å²) in [6.07, 6.45) is 2.38. The Balaban J connectivity index is 1.64. The Kier molecular flexibility index (Phi) is 3.47. The lowest BCUT2D eigenvalue weighted by molar-refractivity contribution is 0.568. The Bertz CT molecular complexity index is 571. The average molecular weight is 249 g/mol. The molecule has 0 spiro atoms. The maximum atomic E-state index is 4.18. The van der Waals surface area contributed by atoms with Gasteiger partial charge in [-0.3, -0.25) is 0 Å². The van der Waals surface area contributed by atoms with Gasteiger partial charge in [0.25, 0.3) is 0 Å². The number of hydrogen-bond donors (Lipinski definition) is 1. The van der Waals surface area contributed by atoms with E-state index in [1.54, 1.807) is 0 Å². The maximum Gasteiger partial charge on any atom is 0.0329 e. The fourth-order valence-electron chi connectivity index (χ4n) is 2.79. The molecular weight excluding hydrogens is 230 g/mol. The van der Waals surface area contributed by atoms with Crippen LogP contribution >= 0.6 is 0 Å². The van der Waals surface area contributed by atoms with Crippen LogP contribution in [0.25, 0.3) is 5.57 Å². The monoisotopic (exact) mass is 249 g/mol. The highest BCUT2D eigenvalue weighted by Gasteiger charge is 2.21. The molecule has 2 aromatic carbocycles. The SMILES string of the molecule is C=C(CNC1CCc2ccccc21)c1ccccc1. The second-order valence-corrected chi connectivity index (χ2v) is 5.14. The van der Waals surface area contributed by atoms with E-state index in [1.807, 2.05) is 6.07 Å². The molecule has 1 atom stereocenters. The molecule has 0 amide bonds. The van der Waals surface area contributed by atoms with Gasteiger partial charge in [-0.25, -0.2) is 0 Å². The van der Waals surface area contributed by atoms with Crippen molar-refractivity contribution in [2.75, 3.05) is 6.54 Å². The predicted octanol–water partition coefficient (Wildman–Crippen LogP) is 3.98. The van der Waals surface area contributed by atoms with Gasteiger partial charge >= 0.3 is 0 Å². The number of aryl methyl sites for hydroxylation is 1. The third kappa shape index (κ3) is 2.61. The minimum absolute atomic E-state index is 0.483. The van der Waals surface area contributed by atoms with Crippen molar-refractivity contribution in [2.45, 2.75) is 18.9 Å². The maximum absolute atomic E-state index is 4.18. The fraction of sp³-hybridized carbons (Fsp3) is 0.222. The van der Waals surface area contributed by atoms with Crippen LogP contribution in [0.5, 0.6) is 0 Å². The molecular formula is C18H19N. The Labute approximate surface area is 115 Å². The molecule has 0 aromatic heterocycles. The summed E-state index contributed by atoms with van der Waals surface area (Å²) in [4.78, 5) is 0. The molecule has 0 fully saturated rings. The van der Waals surface area contributed by atoms with E-state index in [-0.39, 0.29) is 0 Å². The molecule has 19 heavy (non-hydrogen) atoms. The molecule has 96 valence electrons. The summed E-state index contributed by atoms with van der Waals surface area (Å²) < 4.78 is 0. The van der Waals surface area contributed by atoms with E-state index in [2.05, 4.69) is 60.4 Å². The van der Waals surface area contributed by atoms with Gasteiger partial charge in [0.2, 0.25) is 0 Å². The van der Waals surface area contributed by atoms with Crippen LogP contribution in [0, 0.1) is 0 Å². The van der Waals surface area contributed by atoms with Crippen molar-refractivity contribution in [1.29, 1.82) is 0 Å². The van der Waals surface area contributed by atoms with Crippen LogP contribution in [0.2, 0.25) is 0 Å². The standard InChI is InChI=1S/C18H19N/c1-14(15-7-3-2-4-8-15)13-19-18-12-11-16-9-5-6-10-17(16)18/h2-10,18-19H,1,11-13H2. The van der Waals surface area contributed by atoms with E-state index >= 15 is 0 Å². The topological polar surface area (TPSA) is 12.0 Å². The summed E-state index contributed by atoms with van der Waals surface area (Å²) in [7, 11) is 0. The zero-order valence-corrected chi connectivity index (χ0v) is 11.1. The van der Waals surface area contributed by atoms with Crippen LogP contribution in [0.1, 0.15) is 29.2 Å². The van der Waals surface area contributed by atoms with Gasteiger partial charge in [-0.15, -0.1) is 0 Å². The van der Waals surface area contributed by atoms with Crippen molar-refractivity contribution >= 4 is 5.57 Å². The van der Waals surface area contributed by atoms with Gasteiger partial charge in [0.1, 0.15) is 0 Å². The molecule has 0 heterocycles. The Morgan fingerprint density at radius 2 is 1.79 bits per heavy atom. The Morgan fingerprint density at radius 1 is 1.05 bits per heavy atom. The third-order valence-electron chi connectivity index (χ3n) is 3.88. The van der Waals surface area contributed by atoms with E-state index in [1.165, 1.54) is 29.5 Å². The van der Waals surface area contributed by atoms with Crippen LogP contribution in [-0.2, 0) is 6.42 Å². The van der Waals surface area contributed by atoms with Gasteiger partial charge in [-0.05, 0) is 35.1 Å². The molecule has 0 radical (unpaired) electrons. The van der Waals surface area contributed by atoms with E-state index in [0.29, 0.717) is 6.04 Å². The van der Waals surface area contributed by atoms with Crippen molar-refractivity contribution < 1.29 is 0 Å². The molecule has 3 rings (SSSR count). The lowest BCUT2D eigenvalue weighted by atomic mass is 10.1. The number of hydrogen-bond acceptors (Lipinski definition) is 1. The molecule has 1 aliphatic rings. The quantitative estimate of drug-likeness (QED) is 0.864. The molecule has 1 unspecified atom stereocenters. The normalized spacial score (nSPS) is 17.2. The molecule has 0 saturated heterocycles. The number of fused-ring (bicyclic) bond motifs is 1. The first-order valence-electron chi connectivity index (χ1n) is 6.89. The lowest BCUT2D eigenvalue weighted by Crippen LogP contribution is -2.21. The van der Waals surface area contributed by atoms with E-state index < -0.39 is 0 Å². The number of benzene rings is 2. The lowest BCUT2D eigenvalue weighted by Gasteiger charge is -2.15. The second kappa shape index (κ2) is 5.41. The summed E-state index contributed by atoms with van der Waals surface area (Å²) in [5.41, 5.74) is 5.33. The van der Waals surface area contributed by atoms with Crippen LogP contribution in [0.4, 0.5) is 0 Å². The average Bonchev–Trinajstić information content (AvgIpc) is 2.89. The van der Waals surface area contributed by atoms with Crippen LogP contribution in [-0.4, -0.2) is 6.54 Å². The minimum atomic E-state index is 0.483. The highest BCUT2D eigenvalue weighted by atomic mass is 14.9. The first kappa shape index (κ1) is 12.2. The van der Waals surface area contributed by atoms with Crippen molar-refractivity contribution in [3.05, 3.63) is 77.9 Å². The first-order valence-corrected chi connectivity index (χ1v) is 6.89. The highest BCUT2D eigenvalue weighted by Crippen LogP contribution is 2.30. The molecule has 0 aliphatic heterocycles. The van der Waals surface area contributed by atoms with Gasteiger partial charge in [-0.1, -0.05) is 61.2 Å². The smallest absolute Gasteiger partial charge is 0.0329 e. The van der Waals surface area contributed by atoms with Gasteiger partial charge in [0.15, 0.2) is 0 Å². The number of nitrogens with one attached hydrogen (secondary N) is 1. The van der Waals surface area contributed by atoms with Gasteiger partial charge < -0.3 is 5.32 Å². The van der Waals surface area contributed by atoms with E-state index in [9.17, 15) is 0 Å². The van der Waals surface area contributed by atoms with E-state index in [0.717, 1.165) is 12.1 Å². The van der Waals surface area contributed by atoms with Crippen molar-refractivity contribution in [3.63, 3.8) is 0 Å². The summed E-state index contributed by atoms with van der Waals surface area (Å²) in [5.74, 6) is 0.